The number of hydrogen-bond acceptors (Lipinski definition) is 2. The minimum atomic E-state index is -0.743. The Morgan fingerprint density at radius 1 is 0.741 bits per heavy atom. The first-order valence-corrected chi connectivity index (χ1v) is 9.62. The molecule has 0 heterocycles. The van der Waals surface area contributed by atoms with E-state index >= 15 is 0 Å². The fourth-order valence-corrected chi connectivity index (χ4v) is 3.60. The summed E-state index contributed by atoms with van der Waals surface area (Å²) in [6, 6.07) is 20.5. The molecule has 0 unspecified atom stereocenters. The van der Waals surface area contributed by atoms with Crippen LogP contribution in [-0.2, 0) is 24.1 Å². The quantitative estimate of drug-likeness (QED) is 0.493. The maximum absolute atomic E-state index is 10.7. The van der Waals surface area contributed by atoms with Crippen molar-refractivity contribution >= 4 is 16.7 Å². The van der Waals surface area contributed by atoms with Crippen LogP contribution in [0, 0.1) is 0 Å². The molecule has 0 spiro atoms. The van der Waals surface area contributed by atoms with Crippen LogP contribution in [0.4, 0.5) is 0 Å². The lowest BCUT2D eigenvalue weighted by Gasteiger charge is -2.12. The van der Waals surface area contributed by atoms with Crippen LogP contribution in [0.1, 0.15) is 42.4 Å². The Labute approximate surface area is 160 Å². The molecule has 0 fully saturated rings. The van der Waals surface area contributed by atoms with Crippen LogP contribution in [0.5, 0.6) is 5.75 Å². The van der Waals surface area contributed by atoms with Gasteiger partial charge in [0.25, 0.3) is 0 Å². The third kappa shape index (κ3) is 5.33. The second kappa shape index (κ2) is 9.22. The number of aliphatic carboxylic acids is 1. The first kappa shape index (κ1) is 19.0. The van der Waals surface area contributed by atoms with Gasteiger partial charge < -0.3 is 10.2 Å². The number of phenolic OH excluding ortho intramolecular Hbond substituents is 1. The predicted octanol–water partition coefficient (Wildman–Crippen LogP) is 5.52. The molecule has 2 N–H and O–H groups in total. The number of aromatic hydroxyl groups is 1. The summed E-state index contributed by atoms with van der Waals surface area (Å²) in [4.78, 5) is 10.7. The molecular formula is C24H26O3. The van der Waals surface area contributed by atoms with Crippen LogP contribution in [0.25, 0.3) is 10.8 Å². The molecule has 0 aliphatic rings. The SMILES string of the molecule is O=C(O)CCCCc1cc(CCCc2ccccc2)c2cccc(O)c2c1. The summed E-state index contributed by atoms with van der Waals surface area (Å²) in [5, 5.41) is 21.1. The number of benzene rings is 3. The van der Waals surface area contributed by atoms with Crippen LogP contribution in [0.3, 0.4) is 0 Å². The van der Waals surface area contributed by atoms with Crippen molar-refractivity contribution in [1.82, 2.24) is 0 Å². The number of carbonyl (C=O) groups is 1. The molecule has 3 aromatic rings. The van der Waals surface area contributed by atoms with Gasteiger partial charge in [-0.1, -0.05) is 48.5 Å². The number of carboxylic acids is 1. The van der Waals surface area contributed by atoms with E-state index in [1.165, 1.54) is 16.7 Å². The summed E-state index contributed by atoms with van der Waals surface area (Å²) in [6.07, 6.45) is 5.61. The average molecular weight is 362 g/mol. The summed E-state index contributed by atoms with van der Waals surface area (Å²) in [5.41, 5.74) is 3.77. The largest absolute Gasteiger partial charge is 0.507 e. The van der Waals surface area contributed by atoms with Gasteiger partial charge in [-0.25, -0.2) is 0 Å². The molecule has 0 aliphatic carbocycles. The molecule has 0 radical (unpaired) electrons. The third-order valence-electron chi connectivity index (χ3n) is 4.98. The van der Waals surface area contributed by atoms with Gasteiger partial charge in [0.05, 0.1) is 0 Å². The zero-order valence-electron chi connectivity index (χ0n) is 15.5. The van der Waals surface area contributed by atoms with Crippen molar-refractivity contribution in [3.8, 4) is 5.75 Å². The Morgan fingerprint density at radius 3 is 2.30 bits per heavy atom. The maximum Gasteiger partial charge on any atom is 0.303 e. The second-order valence-corrected chi connectivity index (χ2v) is 7.07. The first-order chi connectivity index (χ1) is 13.1. The van der Waals surface area contributed by atoms with Crippen molar-refractivity contribution in [2.75, 3.05) is 0 Å². The van der Waals surface area contributed by atoms with Gasteiger partial charge in [-0.3, -0.25) is 4.79 Å². The Hall–Kier alpha value is -2.81. The smallest absolute Gasteiger partial charge is 0.303 e. The van der Waals surface area contributed by atoms with Crippen molar-refractivity contribution in [2.45, 2.75) is 44.9 Å². The van der Waals surface area contributed by atoms with Crippen molar-refractivity contribution in [3.05, 3.63) is 77.4 Å². The van der Waals surface area contributed by atoms with E-state index in [1.54, 1.807) is 6.07 Å². The van der Waals surface area contributed by atoms with Crippen molar-refractivity contribution in [1.29, 1.82) is 0 Å². The lowest BCUT2D eigenvalue weighted by Crippen LogP contribution is -1.97. The van der Waals surface area contributed by atoms with Gasteiger partial charge in [0, 0.05) is 11.8 Å². The van der Waals surface area contributed by atoms with E-state index in [0.29, 0.717) is 12.2 Å². The lowest BCUT2D eigenvalue weighted by molar-refractivity contribution is -0.137. The molecule has 0 aliphatic heterocycles. The fraction of sp³-hybridized carbons (Fsp3) is 0.292. The molecule has 0 saturated heterocycles. The summed E-state index contributed by atoms with van der Waals surface area (Å²) >= 11 is 0. The standard InChI is InChI=1S/C24H26O3/c25-23-14-7-13-21-20(12-6-11-18-8-2-1-3-9-18)16-19(17-22(21)23)10-4-5-15-24(26)27/h1-3,7-9,13-14,16-17,25H,4-6,10-12,15H2,(H,26,27). The first-order valence-electron chi connectivity index (χ1n) is 9.62. The van der Waals surface area contributed by atoms with Gasteiger partial charge in [-0.15, -0.1) is 0 Å². The number of unbranched alkanes of at least 4 members (excludes halogenated alkanes) is 1. The third-order valence-corrected chi connectivity index (χ3v) is 4.98. The highest BCUT2D eigenvalue weighted by Crippen LogP contribution is 2.30. The number of hydrogen-bond donors (Lipinski definition) is 2. The maximum atomic E-state index is 10.7. The van der Waals surface area contributed by atoms with Gasteiger partial charge in [0.2, 0.25) is 0 Å². The van der Waals surface area contributed by atoms with Crippen molar-refractivity contribution in [2.24, 2.45) is 0 Å². The molecule has 140 valence electrons. The van der Waals surface area contributed by atoms with E-state index in [1.807, 2.05) is 18.2 Å². The summed E-state index contributed by atoms with van der Waals surface area (Å²) in [6.45, 7) is 0. The van der Waals surface area contributed by atoms with Crippen LogP contribution in [0.2, 0.25) is 0 Å². The molecule has 3 nitrogen and oxygen atoms in total. The van der Waals surface area contributed by atoms with Gasteiger partial charge >= 0.3 is 5.97 Å². The van der Waals surface area contributed by atoms with Gasteiger partial charge in [0.15, 0.2) is 0 Å². The van der Waals surface area contributed by atoms with Crippen LogP contribution in [-0.4, -0.2) is 16.2 Å². The van der Waals surface area contributed by atoms with E-state index in [-0.39, 0.29) is 6.42 Å². The van der Waals surface area contributed by atoms with Crippen molar-refractivity contribution < 1.29 is 15.0 Å². The normalized spacial score (nSPS) is 11.0. The average Bonchev–Trinajstić information content (AvgIpc) is 2.67. The molecule has 0 aromatic heterocycles. The minimum Gasteiger partial charge on any atom is -0.507 e. The summed E-state index contributed by atoms with van der Waals surface area (Å²) < 4.78 is 0. The number of fused-ring (bicyclic) bond motifs is 1. The van der Waals surface area contributed by atoms with Gasteiger partial charge in [-0.2, -0.15) is 0 Å². The van der Waals surface area contributed by atoms with Crippen LogP contribution < -0.4 is 0 Å². The highest BCUT2D eigenvalue weighted by Gasteiger charge is 2.08. The number of rotatable bonds is 9. The Kier molecular flexibility index (Phi) is 6.48. The van der Waals surface area contributed by atoms with E-state index in [9.17, 15) is 9.90 Å². The van der Waals surface area contributed by atoms with Gasteiger partial charge in [-0.05, 0) is 72.7 Å². The Bertz CT molecular complexity index is 900. The Morgan fingerprint density at radius 2 is 1.52 bits per heavy atom. The van der Waals surface area contributed by atoms with Gasteiger partial charge in [0.1, 0.15) is 5.75 Å². The monoisotopic (exact) mass is 362 g/mol. The predicted molar refractivity (Wildman–Crippen MR) is 109 cm³/mol. The summed E-state index contributed by atoms with van der Waals surface area (Å²) in [5.74, 6) is -0.433. The molecule has 3 rings (SSSR count). The van der Waals surface area contributed by atoms with E-state index < -0.39 is 5.97 Å². The molecule has 0 saturated carbocycles. The molecule has 27 heavy (non-hydrogen) atoms. The molecule has 0 atom stereocenters. The van der Waals surface area contributed by atoms with E-state index in [2.05, 4.69) is 36.4 Å². The minimum absolute atomic E-state index is 0.211. The molecular weight excluding hydrogens is 336 g/mol. The number of carboxylic acid groups (broad SMARTS) is 1. The Balaban J connectivity index is 1.75. The molecule has 0 amide bonds. The van der Waals surface area contributed by atoms with E-state index in [4.69, 9.17) is 5.11 Å². The summed E-state index contributed by atoms with van der Waals surface area (Å²) in [7, 11) is 0. The van der Waals surface area contributed by atoms with Crippen LogP contribution in [0.15, 0.2) is 60.7 Å². The molecule has 3 heteroatoms. The van der Waals surface area contributed by atoms with Crippen LogP contribution >= 0.6 is 0 Å². The second-order valence-electron chi connectivity index (χ2n) is 7.07. The van der Waals surface area contributed by atoms with Crippen molar-refractivity contribution in [3.63, 3.8) is 0 Å². The number of phenols is 1. The molecule has 3 aromatic carbocycles. The zero-order chi connectivity index (χ0) is 19.1. The highest BCUT2D eigenvalue weighted by atomic mass is 16.4. The highest BCUT2D eigenvalue weighted by molar-refractivity contribution is 5.91. The topological polar surface area (TPSA) is 57.5 Å². The lowest BCUT2D eigenvalue weighted by atomic mass is 9.94. The number of aryl methyl sites for hydroxylation is 3. The zero-order valence-corrected chi connectivity index (χ0v) is 15.5. The fourth-order valence-electron chi connectivity index (χ4n) is 3.60. The van der Waals surface area contributed by atoms with E-state index in [0.717, 1.165) is 42.9 Å². The molecule has 0 bridgehead atoms.